The lowest BCUT2D eigenvalue weighted by Gasteiger charge is -2.27. The molecule has 67 heavy (non-hydrogen) atoms. The zero-order valence-corrected chi connectivity index (χ0v) is 41.7. The van der Waals surface area contributed by atoms with E-state index in [1.807, 2.05) is 19.9 Å². The van der Waals surface area contributed by atoms with Crippen molar-refractivity contribution in [2.45, 2.75) is 122 Å². The molecule has 2 saturated carbocycles. The molecule has 0 aromatic heterocycles. The quantitative estimate of drug-likeness (QED) is 0.0997. The summed E-state index contributed by atoms with van der Waals surface area (Å²) >= 11 is 0. The molecule has 0 radical (unpaired) electrons. The number of fused-ring (bicyclic) bond motifs is 3. The summed E-state index contributed by atoms with van der Waals surface area (Å²) in [6.07, 6.45) is 7.66. The van der Waals surface area contributed by atoms with Gasteiger partial charge in [0, 0.05) is 34.8 Å². The fraction of sp³-hybridized carbons (Fsp3) is 0.511. The molecule has 3 aliphatic heterocycles. The number of carbonyl (C=O) groups excluding carboxylic acids is 5. The first-order chi connectivity index (χ1) is 30.9. The summed E-state index contributed by atoms with van der Waals surface area (Å²) in [6.45, 7) is 8.72. The highest BCUT2D eigenvalue weighted by Crippen LogP contribution is 2.31. The highest BCUT2D eigenvalue weighted by Gasteiger charge is 2.32. The summed E-state index contributed by atoms with van der Waals surface area (Å²) in [4.78, 5) is 62.9. The third-order valence-corrected chi connectivity index (χ3v) is 11.9. The molecule has 3 amide bonds. The normalized spacial score (nSPS) is 19.5. The molecule has 3 aromatic carbocycles. The van der Waals surface area contributed by atoms with Crippen LogP contribution in [0.5, 0.6) is 17.2 Å². The van der Waals surface area contributed by atoms with Crippen molar-refractivity contribution in [1.29, 1.82) is 0 Å². The predicted octanol–water partition coefficient (Wildman–Crippen LogP) is 7.29. The maximum atomic E-state index is 12.5. The van der Waals surface area contributed by atoms with Gasteiger partial charge in [-0.25, -0.2) is 24.7 Å². The largest absolute Gasteiger partial charge is 0.492 e. The lowest BCUT2D eigenvalue weighted by atomic mass is 10.1. The molecule has 8 rings (SSSR count). The van der Waals surface area contributed by atoms with E-state index in [0.29, 0.717) is 67.1 Å². The number of benzene rings is 3. The number of hydrogen-bond acceptors (Lipinski definition) is 14. The molecule has 3 N–H and O–H groups in total. The average molecular weight is 991 g/mol. The van der Waals surface area contributed by atoms with Crippen LogP contribution >= 0.6 is 40.5 Å². The summed E-state index contributed by atoms with van der Waals surface area (Å²) < 4.78 is 37.8. The Kier molecular flexibility index (Phi) is 22.8. The van der Waals surface area contributed by atoms with Crippen molar-refractivity contribution in [3.8, 4) is 17.2 Å². The van der Waals surface area contributed by atoms with Gasteiger partial charge in [-0.05, 0) is 109 Å². The minimum atomic E-state index is -0.601. The average Bonchev–Trinajstić information content (AvgIpc) is 3.92. The first kappa shape index (κ1) is 56.3. The Hall–Kier alpha value is -5.02. The Bertz CT molecular complexity index is 2030. The van der Waals surface area contributed by atoms with Gasteiger partial charge in [-0.2, -0.15) is 40.5 Å². The number of methoxy groups -OCH3 is 2. The van der Waals surface area contributed by atoms with E-state index in [0.717, 1.165) is 80.4 Å². The number of carbonyl (C=O) groups is 5. The van der Waals surface area contributed by atoms with Crippen LogP contribution in [0.1, 0.15) is 120 Å². The first-order valence-electron chi connectivity index (χ1n) is 21.9. The minimum absolute atomic E-state index is 0. The molecule has 17 nitrogen and oxygen atoms in total. The number of hydrogen-bond donors (Lipinski definition) is 3. The topological polar surface area (TPSA) is 201 Å². The third-order valence-electron chi connectivity index (χ3n) is 11.9. The Morgan fingerprint density at radius 2 is 0.985 bits per heavy atom. The fourth-order valence-corrected chi connectivity index (χ4v) is 7.93. The molecule has 370 valence electrons. The van der Waals surface area contributed by atoms with Crippen molar-refractivity contribution < 1.29 is 62.3 Å². The monoisotopic (exact) mass is 990 g/mol. The maximum Gasteiger partial charge on any atom is 0.410 e. The van der Waals surface area contributed by atoms with Crippen molar-refractivity contribution in [3.63, 3.8) is 0 Å². The summed E-state index contributed by atoms with van der Waals surface area (Å²) in [6, 6.07) is 15.5. The van der Waals surface area contributed by atoms with Crippen molar-refractivity contribution in [1.82, 2.24) is 20.6 Å². The molecule has 0 saturated heterocycles. The molecular formula is C47H66N4O13S3. The second-order valence-electron chi connectivity index (χ2n) is 16.6. The highest BCUT2D eigenvalue weighted by molar-refractivity contribution is 7.59. The first-order valence-corrected chi connectivity index (χ1v) is 21.9. The van der Waals surface area contributed by atoms with Crippen molar-refractivity contribution in [3.05, 3.63) is 88.0 Å². The van der Waals surface area contributed by atoms with Crippen LogP contribution in [-0.4, -0.2) is 109 Å². The maximum absolute atomic E-state index is 12.5. The van der Waals surface area contributed by atoms with Crippen LogP contribution in [0.2, 0.25) is 0 Å². The van der Waals surface area contributed by atoms with Gasteiger partial charge in [0.25, 0.3) is 5.91 Å². The Morgan fingerprint density at radius 3 is 1.42 bits per heavy atom. The number of ether oxygens (including phenoxy) is 7. The van der Waals surface area contributed by atoms with Gasteiger partial charge in [-0.1, -0.05) is 18.2 Å². The van der Waals surface area contributed by atoms with Gasteiger partial charge in [-0.15, -0.1) is 0 Å². The van der Waals surface area contributed by atoms with E-state index in [-0.39, 0.29) is 82.9 Å². The SMILES string of the molecule is COC(=O)c1ccc2c(c1)OC[C@H](C)N(C(=O)OC1CCCC1)C2.COC(=O)c1ccc2c(c1)OC[C@H](C)NC2.C[C@H]1COc2cc(C(=O)NO)ccc2CN1C(=O)OC1CCCC1.S.S.S. The van der Waals surface area contributed by atoms with Crippen molar-refractivity contribution in [2.75, 3.05) is 34.0 Å². The molecule has 3 aromatic rings. The van der Waals surface area contributed by atoms with Gasteiger partial charge in [-0.3, -0.25) is 19.8 Å². The van der Waals surface area contributed by atoms with Gasteiger partial charge in [0.1, 0.15) is 49.3 Å². The molecule has 3 atom stereocenters. The van der Waals surface area contributed by atoms with E-state index in [1.54, 1.807) is 63.8 Å². The number of esters is 2. The summed E-state index contributed by atoms with van der Waals surface area (Å²) in [7, 11) is 2.72. The number of hydroxylamine groups is 1. The van der Waals surface area contributed by atoms with Crippen LogP contribution in [0, 0.1) is 0 Å². The lowest BCUT2D eigenvalue weighted by Crippen LogP contribution is -2.41. The van der Waals surface area contributed by atoms with Crippen LogP contribution in [-0.2, 0) is 38.6 Å². The highest BCUT2D eigenvalue weighted by atomic mass is 32.1. The lowest BCUT2D eigenvalue weighted by molar-refractivity contribution is 0.0478. The van der Waals surface area contributed by atoms with Crippen molar-refractivity contribution in [2.24, 2.45) is 0 Å². The Morgan fingerprint density at radius 1 is 0.597 bits per heavy atom. The van der Waals surface area contributed by atoms with Gasteiger partial charge < -0.3 is 38.5 Å². The third kappa shape index (κ3) is 15.2. The van der Waals surface area contributed by atoms with Gasteiger partial charge in [0.2, 0.25) is 0 Å². The van der Waals surface area contributed by atoms with Gasteiger partial charge in [0.15, 0.2) is 0 Å². The Balaban J connectivity index is 0.000000266. The van der Waals surface area contributed by atoms with Crippen LogP contribution in [0.4, 0.5) is 9.59 Å². The van der Waals surface area contributed by atoms with E-state index in [2.05, 4.69) is 17.0 Å². The molecule has 3 heterocycles. The molecule has 5 aliphatic rings. The number of amides is 3. The predicted molar refractivity (Wildman–Crippen MR) is 263 cm³/mol. The molecule has 0 unspecified atom stereocenters. The van der Waals surface area contributed by atoms with Crippen LogP contribution in [0.3, 0.4) is 0 Å². The Labute approximate surface area is 413 Å². The molecule has 2 aliphatic carbocycles. The van der Waals surface area contributed by atoms with E-state index in [4.69, 9.17) is 33.6 Å². The molecule has 20 heteroatoms. The summed E-state index contributed by atoms with van der Waals surface area (Å²) in [5.41, 5.74) is 5.58. The van der Waals surface area contributed by atoms with Gasteiger partial charge in [0.05, 0.1) is 50.5 Å². The summed E-state index contributed by atoms with van der Waals surface area (Å²) in [5.74, 6) is 0.573. The van der Waals surface area contributed by atoms with E-state index in [9.17, 15) is 24.0 Å². The second-order valence-corrected chi connectivity index (χ2v) is 16.6. The fourth-order valence-electron chi connectivity index (χ4n) is 7.93. The van der Waals surface area contributed by atoms with E-state index < -0.39 is 11.9 Å². The van der Waals surface area contributed by atoms with Crippen LogP contribution in [0.25, 0.3) is 0 Å². The number of nitrogens with zero attached hydrogens (tertiary/aromatic N) is 2. The smallest absolute Gasteiger partial charge is 0.410 e. The summed E-state index contributed by atoms with van der Waals surface area (Å²) in [5, 5.41) is 12.1. The van der Waals surface area contributed by atoms with Gasteiger partial charge >= 0.3 is 24.1 Å². The molecule has 2 fully saturated rings. The molecular weight excluding hydrogens is 925 g/mol. The second kappa shape index (κ2) is 27.1. The minimum Gasteiger partial charge on any atom is -0.492 e. The van der Waals surface area contributed by atoms with E-state index >= 15 is 0 Å². The van der Waals surface area contributed by atoms with Crippen LogP contribution < -0.4 is 25.0 Å². The number of rotatable bonds is 5. The van der Waals surface area contributed by atoms with E-state index in [1.165, 1.54) is 14.2 Å². The standard InChI is InChI=1S/C18H23NO5.C17H22N2O5.C12H15NO3.3H2S/c1-12-11-23-16-9-13(17(20)22-2)7-8-14(16)10-19(12)18(21)24-15-5-3-4-6-15;1-11-10-23-15-8-12(16(20)18-22)6-7-13(15)9-19(11)17(21)24-14-4-2-3-5-14;1-8-7-16-11-5-9(12(14)15-2)3-4-10(11)6-13-8;;;/h7-9,12,15H,3-6,10-11H2,1-2H3;6-8,11,14,22H,2-5,9-10H2,1H3,(H,18,20);3-5,8,13H,6-7H2,1-2H3;3*1H2/t12-;11-;8-;;;/m000.../s1. The zero-order valence-electron chi connectivity index (χ0n) is 38.7. The molecule has 0 bridgehead atoms. The molecule has 0 spiro atoms. The zero-order chi connectivity index (χ0) is 45.8. The van der Waals surface area contributed by atoms with Crippen molar-refractivity contribution >= 4 is 70.5 Å². The number of nitrogens with one attached hydrogen (secondary N) is 2. The van der Waals surface area contributed by atoms with Crippen LogP contribution in [0.15, 0.2) is 54.6 Å².